The maximum absolute atomic E-state index is 13.5. The first-order valence-corrected chi connectivity index (χ1v) is 7.47. The molecule has 0 saturated carbocycles. The molecule has 0 spiro atoms. The smallest absolute Gasteiger partial charge is 0.351 e. The van der Waals surface area contributed by atoms with Crippen LogP contribution in [0.25, 0.3) is 0 Å². The molecule has 0 aromatic heterocycles. The van der Waals surface area contributed by atoms with Gasteiger partial charge in [-0.3, -0.25) is 9.69 Å². The zero-order valence-corrected chi connectivity index (χ0v) is 13.9. The molecule has 3 rings (SSSR count). The van der Waals surface area contributed by atoms with Crippen LogP contribution in [0.15, 0.2) is 17.1 Å². The first-order chi connectivity index (χ1) is 10.7. The summed E-state index contributed by atoms with van der Waals surface area (Å²) in [6.07, 6.45) is 0. The second-order valence-corrected chi connectivity index (χ2v) is 5.95. The van der Waals surface area contributed by atoms with Crippen LogP contribution in [-0.2, 0) is 4.79 Å². The normalized spacial score (nSPS) is 23.7. The Morgan fingerprint density at radius 2 is 1.65 bits per heavy atom. The molecule has 7 nitrogen and oxygen atoms in total. The lowest BCUT2D eigenvalue weighted by molar-refractivity contribution is -0.433. The lowest BCUT2D eigenvalue weighted by Crippen LogP contribution is -2.78. The number of anilines is 2. The van der Waals surface area contributed by atoms with Crippen molar-refractivity contribution < 1.29 is 14.7 Å². The van der Waals surface area contributed by atoms with Crippen molar-refractivity contribution in [2.24, 2.45) is 4.99 Å². The molecule has 2 aliphatic heterocycles. The zero-order valence-electron chi connectivity index (χ0n) is 13.9. The minimum Gasteiger partial charge on any atom is -0.821 e. The van der Waals surface area contributed by atoms with Gasteiger partial charge in [0.05, 0.1) is 11.4 Å². The van der Waals surface area contributed by atoms with E-state index in [0.717, 1.165) is 21.7 Å². The molecule has 2 heterocycles. The molecule has 0 bridgehead atoms. The molecule has 0 saturated heterocycles. The van der Waals surface area contributed by atoms with Crippen molar-refractivity contribution in [3.63, 3.8) is 0 Å². The van der Waals surface area contributed by atoms with Crippen molar-refractivity contribution >= 4 is 29.1 Å². The van der Waals surface area contributed by atoms with E-state index in [9.17, 15) is 14.7 Å². The highest BCUT2D eigenvalue weighted by Gasteiger charge is 2.50. The number of hydrogen-bond acceptors (Lipinski definition) is 5. The third kappa shape index (κ3) is 1.83. The molecular weight excluding hydrogens is 296 g/mol. The number of nitrogens with zero attached hydrogens (tertiary/aromatic N) is 4. The summed E-state index contributed by atoms with van der Waals surface area (Å²) < 4.78 is 0. The molecule has 122 valence electrons. The summed E-state index contributed by atoms with van der Waals surface area (Å²) in [5, 5.41) is 13.5. The lowest BCUT2D eigenvalue weighted by atomic mass is 9.97. The summed E-state index contributed by atoms with van der Waals surface area (Å²) >= 11 is 0. The van der Waals surface area contributed by atoms with E-state index < -0.39 is 17.7 Å². The summed E-state index contributed by atoms with van der Waals surface area (Å²) in [4.78, 5) is 32.2. The Kier molecular flexibility index (Phi) is 3.23. The van der Waals surface area contributed by atoms with E-state index in [-0.39, 0.29) is 5.84 Å². The quantitative estimate of drug-likeness (QED) is 0.759. The fourth-order valence-corrected chi connectivity index (χ4v) is 3.14. The minimum absolute atomic E-state index is 0.0665. The number of urea groups is 1. The van der Waals surface area contributed by atoms with Gasteiger partial charge >= 0.3 is 6.03 Å². The van der Waals surface area contributed by atoms with E-state index in [0.29, 0.717) is 12.2 Å². The third-order valence-electron chi connectivity index (χ3n) is 4.64. The Morgan fingerprint density at radius 3 is 2.22 bits per heavy atom. The van der Waals surface area contributed by atoms with E-state index in [4.69, 9.17) is 0 Å². The van der Waals surface area contributed by atoms with Gasteiger partial charge in [-0.25, -0.2) is 4.79 Å². The summed E-state index contributed by atoms with van der Waals surface area (Å²) in [6.45, 7) is 6.08. The standard InChI is InChI=1S/C16H19N4O3/c1-6-20-12-8-10(3)9(2)7-11(12)18(4)13-16(20,23)14(21)19(5)15(22)17-13/h7-8H,6H2,1-5H3/q-1. The van der Waals surface area contributed by atoms with Crippen LogP contribution in [-0.4, -0.2) is 49.0 Å². The van der Waals surface area contributed by atoms with Crippen molar-refractivity contribution in [3.05, 3.63) is 23.3 Å². The molecule has 2 aliphatic rings. The summed E-state index contributed by atoms with van der Waals surface area (Å²) in [5.41, 5.74) is 1.33. The largest absolute Gasteiger partial charge is 0.821 e. The Labute approximate surface area is 134 Å². The number of rotatable bonds is 1. The molecule has 7 heteroatoms. The molecular formula is C16H19N4O3-. The van der Waals surface area contributed by atoms with E-state index in [2.05, 4.69) is 4.99 Å². The fourth-order valence-electron chi connectivity index (χ4n) is 3.14. The molecule has 0 N–H and O–H groups in total. The van der Waals surface area contributed by atoms with Crippen LogP contribution in [0.1, 0.15) is 18.1 Å². The van der Waals surface area contributed by atoms with Crippen LogP contribution in [0.5, 0.6) is 0 Å². The van der Waals surface area contributed by atoms with Gasteiger partial charge in [0.1, 0.15) is 11.6 Å². The molecule has 3 amide bonds. The predicted molar refractivity (Wildman–Crippen MR) is 85.7 cm³/mol. The number of aliphatic imine (C=N–C) groups is 1. The topological polar surface area (TPSA) is 79.3 Å². The van der Waals surface area contributed by atoms with Gasteiger partial charge in [-0.2, -0.15) is 4.99 Å². The number of likely N-dealkylation sites (N-methyl/N-ethyl adjacent to an activating group) is 3. The van der Waals surface area contributed by atoms with E-state index in [1.54, 1.807) is 11.9 Å². The number of benzene rings is 1. The fraction of sp³-hybridized carbons (Fsp3) is 0.438. The highest BCUT2D eigenvalue weighted by molar-refractivity contribution is 6.28. The second kappa shape index (κ2) is 4.79. The molecule has 0 aliphatic carbocycles. The summed E-state index contributed by atoms with van der Waals surface area (Å²) in [5.74, 6) is -0.867. The molecule has 1 unspecified atom stereocenters. The summed E-state index contributed by atoms with van der Waals surface area (Å²) in [6, 6.07) is 3.14. The van der Waals surface area contributed by atoms with Gasteiger partial charge in [0.25, 0.3) is 0 Å². The van der Waals surface area contributed by atoms with Crippen molar-refractivity contribution in [1.82, 2.24) is 4.90 Å². The number of carbonyl (C=O) groups excluding carboxylic acids is 2. The Morgan fingerprint density at radius 1 is 1.09 bits per heavy atom. The average molecular weight is 315 g/mol. The number of aryl methyl sites for hydroxylation is 2. The van der Waals surface area contributed by atoms with Crippen LogP contribution >= 0.6 is 0 Å². The number of carbonyl (C=O) groups is 2. The van der Waals surface area contributed by atoms with Crippen molar-refractivity contribution in [2.45, 2.75) is 26.5 Å². The maximum Gasteiger partial charge on any atom is 0.351 e. The average Bonchev–Trinajstić information content (AvgIpc) is 2.51. The van der Waals surface area contributed by atoms with Crippen LogP contribution in [0.2, 0.25) is 0 Å². The Bertz CT molecular complexity index is 758. The van der Waals surface area contributed by atoms with Gasteiger partial charge in [0.15, 0.2) is 0 Å². The van der Waals surface area contributed by atoms with Gasteiger partial charge in [-0.15, -0.1) is 0 Å². The maximum atomic E-state index is 13.5. The molecule has 1 aromatic carbocycles. The second-order valence-electron chi connectivity index (χ2n) is 5.95. The number of amidine groups is 1. The number of amides is 3. The number of fused-ring (bicyclic) bond motifs is 2. The third-order valence-corrected chi connectivity index (χ3v) is 4.64. The number of imide groups is 1. The molecule has 1 aromatic rings. The van der Waals surface area contributed by atoms with Crippen LogP contribution in [0, 0.1) is 13.8 Å². The Balaban J connectivity index is 2.33. The summed E-state index contributed by atoms with van der Waals surface area (Å²) in [7, 11) is 2.95. The van der Waals surface area contributed by atoms with E-state index in [1.165, 1.54) is 11.9 Å². The van der Waals surface area contributed by atoms with Crippen molar-refractivity contribution in [1.29, 1.82) is 0 Å². The van der Waals surface area contributed by atoms with E-state index in [1.807, 2.05) is 32.9 Å². The molecule has 1 atom stereocenters. The van der Waals surface area contributed by atoms with Crippen LogP contribution in [0.3, 0.4) is 0 Å². The SMILES string of the molecule is CCN1c2cc(C)c(C)cc2N(C)C2=NC(=O)N(C)C(=O)C21[O-]. The first kappa shape index (κ1) is 15.5. The van der Waals surface area contributed by atoms with Gasteiger partial charge in [-0.1, -0.05) is 0 Å². The van der Waals surface area contributed by atoms with Crippen LogP contribution < -0.4 is 14.9 Å². The molecule has 23 heavy (non-hydrogen) atoms. The first-order valence-electron chi connectivity index (χ1n) is 7.47. The Hall–Kier alpha value is -2.41. The van der Waals surface area contributed by atoms with Crippen LogP contribution in [0.4, 0.5) is 16.2 Å². The predicted octanol–water partition coefficient (Wildman–Crippen LogP) is 0.627. The van der Waals surface area contributed by atoms with Gasteiger partial charge in [0.2, 0.25) is 5.91 Å². The van der Waals surface area contributed by atoms with Gasteiger partial charge in [-0.05, 0) is 44.0 Å². The lowest BCUT2D eigenvalue weighted by Gasteiger charge is -2.57. The monoisotopic (exact) mass is 315 g/mol. The van der Waals surface area contributed by atoms with Gasteiger partial charge < -0.3 is 14.9 Å². The van der Waals surface area contributed by atoms with E-state index >= 15 is 0 Å². The minimum atomic E-state index is -2.22. The molecule has 0 fully saturated rings. The van der Waals surface area contributed by atoms with Crippen molar-refractivity contribution in [3.8, 4) is 0 Å². The zero-order chi connectivity index (χ0) is 17.1. The van der Waals surface area contributed by atoms with Crippen molar-refractivity contribution in [2.75, 3.05) is 30.4 Å². The highest BCUT2D eigenvalue weighted by atomic mass is 16.3. The number of hydrogen-bond donors (Lipinski definition) is 0. The molecule has 0 radical (unpaired) electrons. The highest BCUT2D eigenvalue weighted by Crippen LogP contribution is 2.41. The van der Waals surface area contributed by atoms with Gasteiger partial charge in [0, 0.05) is 20.6 Å².